The Labute approximate surface area is 245 Å². The summed E-state index contributed by atoms with van der Waals surface area (Å²) in [4.78, 5) is 19.5. The number of aliphatic carboxylic acids is 1. The number of rotatable bonds is 11. The molecule has 1 aliphatic carbocycles. The van der Waals surface area contributed by atoms with Crippen LogP contribution >= 0.6 is 11.3 Å². The van der Waals surface area contributed by atoms with E-state index in [1.165, 1.54) is 18.6 Å². The number of aromatic nitrogens is 3. The van der Waals surface area contributed by atoms with Crippen molar-refractivity contribution in [1.82, 2.24) is 19.8 Å². The molecular weight excluding hydrogens is 630 g/mol. The van der Waals surface area contributed by atoms with Crippen LogP contribution in [0.5, 0.6) is 5.75 Å². The summed E-state index contributed by atoms with van der Waals surface area (Å²) < 4.78 is 115. The van der Waals surface area contributed by atoms with Crippen LogP contribution in [0.1, 0.15) is 51.6 Å². The molecule has 18 heteroatoms. The molecule has 4 rings (SSSR count). The van der Waals surface area contributed by atoms with Crippen molar-refractivity contribution in [2.75, 3.05) is 0 Å². The highest BCUT2D eigenvalue weighted by atomic mass is 32.2. The number of carboxylic acid groups (broad SMARTS) is 1. The normalized spacial score (nSPS) is 15.7. The molecule has 0 radical (unpaired) electrons. The average molecular weight is 657 g/mol. The fraction of sp³-hybridized carbons (Fsp3) is 0.520. The lowest BCUT2D eigenvalue weighted by Crippen LogP contribution is -2.42. The highest BCUT2D eigenvalue weighted by Crippen LogP contribution is 2.44. The van der Waals surface area contributed by atoms with Gasteiger partial charge in [-0.15, -0.1) is 24.5 Å². The number of sulfonamides is 1. The van der Waals surface area contributed by atoms with Gasteiger partial charge >= 0.3 is 18.5 Å². The van der Waals surface area contributed by atoms with Gasteiger partial charge in [-0.2, -0.15) is 22.9 Å². The first kappa shape index (κ1) is 32.7. The standard InChI is InChI=1S/C25H26F6N4O6S2/c1-12(24(26,27)28)35-43(38,39)14-7-8-15(17(10-14)40-25(29,30)31)19-16(9-13-5-4-6-13)32-21(42-19)20-33-18(41-34-20)11-23(2,3)22(36)37/h7-8,10,12-13,35H,4-6,9,11H2,1-3H3,(H,36,37). The second-order valence-electron chi connectivity index (χ2n) is 10.8. The first-order valence-corrected chi connectivity index (χ1v) is 15.1. The van der Waals surface area contributed by atoms with E-state index in [1.807, 2.05) is 0 Å². The monoisotopic (exact) mass is 656 g/mol. The van der Waals surface area contributed by atoms with E-state index in [0.717, 1.165) is 42.7 Å². The maximum absolute atomic E-state index is 13.4. The van der Waals surface area contributed by atoms with Gasteiger partial charge in [-0.1, -0.05) is 24.4 Å². The highest BCUT2D eigenvalue weighted by Gasteiger charge is 2.40. The smallest absolute Gasteiger partial charge is 0.481 e. The van der Waals surface area contributed by atoms with Crippen LogP contribution in [-0.4, -0.2) is 53.2 Å². The number of alkyl halides is 6. The Balaban J connectivity index is 1.78. The third-order valence-corrected chi connectivity index (χ3v) is 9.46. The van der Waals surface area contributed by atoms with E-state index in [2.05, 4.69) is 19.9 Å². The SMILES string of the molecule is CC(NS(=O)(=O)c1ccc(-c2sc(-c3noc(CC(C)(C)C(=O)O)n3)nc2CC2CCC2)c(OC(F)(F)F)c1)C(F)(F)F. The number of nitrogens with zero attached hydrogens (tertiary/aromatic N) is 3. The minimum atomic E-state index is -5.27. The Kier molecular flexibility index (Phi) is 8.87. The van der Waals surface area contributed by atoms with Crippen LogP contribution in [-0.2, 0) is 27.7 Å². The fourth-order valence-corrected chi connectivity index (χ4v) is 6.36. The number of ether oxygens (including phenoxy) is 1. The van der Waals surface area contributed by atoms with Crippen molar-refractivity contribution in [3.63, 3.8) is 0 Å². The van der Waals surface area contributed by atoms with Crippen molar-refractivity contribution in [2.24, 2.45) is 11.3 Å². The van der Waals surface area contributed by atoms with E-state index in [4.69, 9.17) is 4.52 Å². The molecule has 1 unspecified atom stereocenters. The molecule has 2 N–H and O–H groups in total. The van der Waals surface area contributed by atoms with Crippen molar-refractivity contribution in [1.29, 1.82) is 0 Å². The van der Waals surface area contributed by atoms with Gasteiger partial charge in [-0.3, -0.25) is 4.79 Å². The van der Waals surface area contributed by atoms with E-state index in [-0.39, 0.29) is 39.5 Å². The number of thiazole rings is 1. The Hall–Kier alpha value is -3.25. The van der Waals surface area contributed by atoms with E-state index < -0.39 is 50.6 Å². The number of hydrogen-bond donors (Lipinski definition) is 2. The Morgan fingerprint density at radius 3 is 2.42 bits per heavy atom. The topological polar surface area (TPSA) is 145 Å². The molecule has 43 heavy (non-hydrogen) atoms. The van der Waals surface area contributed by atoms with Gasteiger partial charge in [0.25, 0.3) is 0 Å². The van der Waals surface area contributed by atoms with Gasteiger partial charge in [-0.05, 0) is 45.2 Å². The van der Waals surface area contributed by atoms with Gasteiger partial charge in [0.15, 0.2) is 5.01 Å². The van der Waals surface area contributed by atoms with Crippen LogP contribution in [0.4, 0.5) is 26.3 Å². The number of benzene rings is 1. The molecule has 3 aromatic rings. The Morgan fingerprint density at radius 1 is 1.19 bits per heavy atom. The van der Waals surface area contributed by atoms with Crippen LogP contribution < -0.4 is 9.46 Å². The molecule has 0 aliphatic heterocycles. The molecule has 0 spiro atoms. The predicted molar refractivity (Wildman–Crippen MR) is 140 cm³/mol. The van der Waals surface area contributed by atoms with Crippen LogP contribution in [0.25, 0.3) is 21.3 Å². The zero-order valence-electron chi connectivity index (χ0n) is 22.8. The lowest BCUT2D eigenvalue weighted by Gasteiger charge is -2.25. The second-order valence-corrected chi connectivity index (χ2v) is 13.5. The third kappa shape index (κ3) is 7.83. The molecule has 0 bridgehead atoms. The van der Waals surface area contributed by atoms with Gasteiger partial charge in [0, 0.05) is 18.1 Å². The third-order valence-electron chi connectivity index (χ3n) is 6.79. The van der Waals surface area contributed by atoms with Crippen LogP contribution in [0.15, 0.2) is 27.6 Å². The van der Waals surface area contributed by atoms with Crippen LogP contribution in [0, 0.1) is 11.3 Å². The number of carboxylic acids is 1. The summed E-state index contributed by atoms with van der Waals surface area (Å²) in [6.07, 6.45) is -7.29. The molecule has 1 aromatic carbocycles. The summed E-state index contributed by atoms with van der Waals surface area (Å²) in [7, 11) is -4.90. The number of carbonyl (C=O) groups is 1. The quantitative estimate of drug-likeness (QED) is 0.238. The van der Waals surface area contributed by atoms with Crippen molar-refractivity contribution >= 4 is 27.3 Å². The molecule has 2 aromatic heterocycles. The maximum atomic E-state index is 13.4. The van der Waals surface area contributed by atoms with E-state index in [0.29, 0.717) is 25.1 Å². The first-order chi connectivity index (χ1) is 19.7. The predicted octanol–water partition coefficient (Wildman–Crippen LogP) is 5.98. The fourth-order valence-electron chi connectivity index (χ4n) is 4.07. The molecule has 0 amide bonds. The summed E-state index contributed by atoms with van der Waals surface area (Å²) in [6.45, 7) is 3.47. The van der Waals surface area contributed by atoms with Gasteiger partial charge in [0.1, 0.15) is 11.8 Å². The average Bonchev–Trinajstić information content (AvgIpc) is 3.46. The molecule has 1 atom stereocenters. The summed E-state index contributed by atoms with van der Waals surface area (Å²) in [5, 5.41) is 13.4. The molecule has 2 heterocycles. The second kappa shape index (κ2) is 11.7. The van der Waals surface area contributed by atoms with Gasteiger partial charge in [0.2, 0.25) is 21.7 Å². The van der Waals surface area contributed by atoms with Gasteiger partial charge in [-0.25, -0.2) is 13.4 Å². The summed E-state index contributed by atoms with van der Waals surface area (Å²) >= 11 is 0.874. The van der Waals surface area contributed by atoms with Crippen molar-refractivity contribution in [2.45, 2.75) is 76.4 Å². The molecular formula is C25H26F6N4O6S2. The zero-order chi connectivity index (χ0) is 32.0. The van der Waals surface area contributed by atoms with Crippen LogP contribution in [0.2, 0.25) is 0 Å². The Morgan fingerprint density at radius 2 is 1.86 bits per heavy atom. The molecule has 1 aliphatic rings. The molecule has 0 saturated heterocycles. The number of halogens is 6. The van der Waals surface area contributed by atoms with Crippen molar-refractivity contribution in [3.8, 4) is 27.0 Å². The van der Waals surface area contributed by atoms with E-state index >= 15 is 0 Å². The van der Waals surface area contributed by atoms with Crippen LogP contribution in [0.3, 0.4) is 0 Å². The summed E-state index contributed by atoms with van der Waals surface area (Å²) in [5.41, 5.74) is -1.08. The maximum Gasteiger partial charge on any atom is 0.573 e. The molecule has 1 saturated carbocycles. The van der Waals surface area contributed by atoms with E-state index in [9.17, 15) is 44.7 Å². The minimum absolute atomic E-state index is 0.00377. The number of hydrogen-bond acceptors (Lipinski definition) is 9. The summed E-state index contributed by atoms with van der Waals surface area (Å²) in [6, 6.07) is -0.131. The molecule has 236 valence electrons. The molecule has 1 fully saturated rings. The van der Waals surface area contributed by atoms with E-state index in [1.54, 1.807) is 0 Å². The number of nitrogens with one attached hydrogen (secondary N) is 1. The first-order valence-electron chi connectivity index (χ1n) is 12.8. The lowest BCUT2D eigenvalue weighted by molar-refractivity contribution is -0.274. The minimum Gasteiger partial charge on any atom is -0.481 e. The Bertz CT molecular complexity index is 1600. The van der Waals surface area contributed by atoms with Crippen molar-refractivity contribution in [3.05, 3.63) is 29.8 Å². The highest BCUT2D eigenvalue weighted by molar-refractivity contribution is 7.89. The van der Waals surface area contributed by atoms with Gasteiger partial charge in [0.05, 0.1) is 20.9 Å². The lowest BCUT2D eigenvalue weighted by atomic mass is 9.82. The van der Waals surface area contributed by atoms with Crippen molar-refractivity contribution < 1.29 is 53.9 Å². The summed E-state index contributed by atoms with van der Waals surface area (Å²) in [5.74, 6) is -1.92. The zero-order valence-corrected chi connectivity index (χ0v) is 24.5. The largest absolute Gasteiger partial charge is 0.573 e. The molecule has 10 nitrogen and oxygen atoms in total. The van der Waals surface area contributed by atoms with Gasteiger partial charge < -0.3 is 14.4 Å².